The Morgan fingerprint density at radius 1 is 0.947 bits per heavy atom. The molecule has 0 fully saturated rings. The van der Waals surface area contributed by atoms with Crippen LogP contribution in [-0.4, -0.2) is 17.8 Å². The predicted molar refractivity (Wildman–Crippen MR) is 82.0 cm³/mol. The van der Waals surface area contributed by atoms with Crippen molar-refractivity contribution in [2.24, 2.45) is 0 Å². The summed E-state index contributed by atoms with van der Waals surface area (Å²) in [6.07, 6.45) is 0. The molecule has 19 heavy (non-hydrogen) atoms. The van der Waals surface area contributed by atoms with E-state index >= 15 is 0 Å². The molecule has 0 N–H and O–H groups in total. The van der Waals surface area contributed by atoms with Crippen LogP contribution in [0.1, 0.15) is 13.8 Å². The highest BCUT2D eigenvalue weighted by molar-refractivity contribution is 7.59. The fraction of sp³-hybridized carbons (Fsp3) is 0.250. The second-order valence-electron chi connectivity index (χ2n) is 5.04. The van der Waals surface area contributed by atoms with Crippen LogP contribution < -0.4 is 9.83 Å². The lowest BCUT2D eigenvalue weighted by molar-refractivity contribution is 0.415. The maximum atomic E-state index is 6.27. The molecule has 0 bridgehead atoms. The lowest BCUT2D eigenvalue weighted by Crippen LogP contribution is -2.30. The van der Waals surface area contributed by atoms with Gasteiger partial charge < -0.3 is 4.52 Å². The Bertz CT molecular complexity index is 597. The second-order valence-corrected chi connectivity index (χ2v) is 6.89. The van der Waals surface area contributed by atoms with E-state index in [0.29, 0.717) is 6.04 Å². The number of benzene rings is 2. The van der Waals surface area contributed by atoms with Crippen LogP contribution in [0.15, 0.2) is 48.5 Å². The SMILES string of the molecule is CC(C)N(C)P1Oc2ccccc2-c2ccccc21. The van der Waals surface area contributed by atoms with Gasteiger partial charge in [0.25, 0.3) is 0 Å². The van der Waals surface area contributed by atoms with Crippen molar-refractivity contribution in [3.63, 3.8) is 0 Å². The highest BCUT2D eigenvalue weighted by Crippen LogP contribution is 2.50. The Kier molecular flexibility index (Phi) is 3.30. The molecule has 0 saturated carbocycles. The van der Waals surface area contributed by atoms with Crippen LogP contribution >= 0.6 is 8.30 Å². The number of rotatable bonds is 2. The fourth-order valence-electron chi connectivity index (χ4n) is 2.22. The summed E-state index contributed by atoms with van der Waals surface area (Å²) in [5, 5.41) is 1.31. The molecule has 1 aliphatic rings. The van der Waals surface area contributed by atoms with E-state index in [-0.39, 0.29) is 0 Å². The minimum atomic E-state index is -0.742. The summed E-state index contributed by atoms with van der Waals surface area (Å²) in [5.74, 6) is 1.000. The molecule has 1 aliphatic heterocycles. The molecule has 1 atom stereocenters. The van der Waals surface area contributed by atoms with Crippen molar-refractivity contribution >= 4 is 13.6 Å². The molecule has 2 aromatic carbocycles. The molecule has 3 heteroatoms. The summed E-state index contributed by atoms with van der Waals surface area (Å²) in [5.41, 5.74) is 2.51. The van der Waals surface area contributed by atoms with Crippen molar-refractivity contribution < 1.29 is 4.52 Å². The molecule has 0 saturated heterocycles. The zero-order valence-electron chi connectivity index (χ0n) is 11.5. The highest BCUT2D eigenvalue weighted by Gasteiger charge is 2.30. The first-order chi connectivity index (χ1) is 9.18. The van der Waals surface area contributed by atoms with Gasteiger partial charge in [0.2, 0.25) is 0 Å². The first-order valence-corrected chi connectivity index (χ1v) is 7.79. The lowest BCUT2D eigenvalue weighted by atomic mass is 10.0. The molecule has 0 aromatic heterocycles. The normalized spacial score (nSPS) is 17.0. The zero-order valence-corrected chi connectivity index (χ0v) is 12.4. The lowest BCUT2D eigenvalue weighted by Gasteiger charge is -2.35. The van der Waals surface area contributed by atoms with Crippen molar-refractivity contribution in [3.8, 4) is 16.9 Å². The molecule has 98 valence electrons. The van der Waals surface area contributed by atoms with Gasteiger partial charge in [-0.15, -0.1) is 0 Å². The van der Waals surface area contributed by atoms with Crippen molar-refractivity contribution in [2.75, 3.05) is 7.05 Å². The molecule has 3 rings (SSSR count). The quantitative estimate of drug-likeness (QED) is 0.765. The van der Waals surface area contributed by atoms with Crippen LogP contribution in [0.4, 0.5) is 0 Å². The highest BCUT2D eigenvalue weighted by atomic mass is 31.2. The second kappa shape index (κ2) is 4.96. The average molecular weight is 271 g/mol. The van der Waals surface area contributed by atoms with Crippen molar-refractivity contribution in [2.45, 2.75) is 19.9 Å². The van der Waals surface area contributed by atoms with E-state index in [1.165, 1.54) is 16.4 Å². The van der Waals surface area contributed by atoms with Gasteiger partial charge in [0.05, 0.1) is 0 Å². The Morgan fingerprint density at radius 3 is 2.32 bits per heavy atom. The fourth-order valence-corrected chi connectivity index (χ4v) is 4.17. The van der Waals surface area contributed by atoms with Crippen LogP contribution in [0, 0.1) is 0 Å². The van der Waals surface area contributed by atoms with Crippen LogP contribution in [0.25, 0.3) is 11.1 Å². The third kappa shape index (κ3) is 2.16. The van der Waals surface area contributed by atoms with E-state index in [1.807, 2.05) is 6.07 Å². The molecule has 0 aliphatic carbocycles. The third-order valence-corrected chi connectivity index (χ3v) is 5.71. The van der Waals surface area contributed by atoms with E-state index in [2.05, 4.69) is 68.0 Å². The molecule has 0 radical (unpaired) electrons. The average Bonchev–Trinajstić information content (AvgIpc) is 2.45. The molecule has 0 amide bonds. The van der Waals surface area contributed by atoms with Gasteiger partial charge in [-0.1, -0.05) is 36.4 Å². The molecule has 1 heterocycles. The number of hydrogen-bond acceptors (Lipinski definition) is 2. The number of fused-ring (bicyclic) bond motifs is 3. The molecular weight excluding hydrogens is 253 g/mol. The van der Waals surface area contributed by atoms with E-state index in [0.717, 1.165) is 5.75 Å². The van der Waals surface area contributed by atoms with Gasteiger partial charge in [-0.25, -0.2) is 4.67 Å². The monoisotopic (exact) mass is 271 g/mol. The minimum Gasteiger partial charge on any atom is -0.453 e. The van der Waals surface area contributed by atoms with Crippen LogP contribution in [0.5, 0.6) is 5.75 Å². The van der Waals surface area contributed by atoms with Crippen molar-refractivity contribution in [1.29, 1.82) is 0 Å². The maximum absolute atomic E-state index is 6.27. The van der Waals surface area contributed by atoms with Gasteiger partial charge in [-0.3, -0.25) is 0 Å². The van der Waals surface area contributed by atoms with E-state index in [9.17, 15) is 0 Å². The third-order valence-electron chi connectivity index (χ3n) is 3.51. The molecule has 1 unspecified atom stereocenters. The Morgan fingerprint density at radius 2 is 1.58 bits per heavy atom. The first kappa shape index (κ1) is 12.7. The Labute approximate surface area is 115 Å². The summed E-state index contributed by atoms with van der Waals surface area (Å²) in [4.78, 5) is 0. The van der Waals surface area contributed by atoms with Crippen molar-refractivity contribution in [3.05, 3.63) is 48.5 Å². The van der Waals surface area contributed by atoms with Gasteiger partial charge in [0.15, 0.2) is 8.30 Å². The number of nitrogens with zero attached hydrogens (tertiary/aromatic N) is 1. The summed E-state index contributed by atoms with van der Waals surface area (Å²) in [7, 11) is 1.40. The largest absolute Gasteiger partial charge is 0.453 e. The maximum Gasteiger partial charge on any atom is 0.197 e. The van der Waals surface area contributed by atoms with Crippen LogP contribution in [-0.2, 0) is 0 Å². The van der Waals surface area contributed by atoms with Crippen molar-refractivity contribution in [1.82, 2.24) is 4.67 Å². The molecule has 2 aromatic rings. The Balaban J connectivity index is 2.14. The minimum absolute atomic E-state index is 0.462. The standard InChI is InChI=1S/C16H18NOP/c1-12(2)17(3)19-16-11-7-5-9-14(16)13-8-4-6-10-15(13)18-19/h4-12H,1-3H3. The van der Waals surface area contributed by atoms with Gasteiger partial charge in [-0.2, -0.15) is 0 Å². The molecule has 2 nitrogen and oxygen atoms in total. The zero-order chi connectivity index (χ0) is 13.4. The number of para-hydroxylation sites is 1. The summed E-state index contributed by atoms with van der Waals surface area (Å²) in [6.45, 7) is 4.41. The van der Waals surface area contributed by atoms with Gasteiger partial charge >= 0.3 is 0 Å². The molecular formula is C16H18NOP. The summed E-state index contributed by atoms with van der Waals surface area (Å²) >= 11 is 0. The number of hydrogen-bond donors (Lipinski definition) is 0. The van der Waals surface area contributed by atoms with E-state index in [4.69, 9.17) is 4.52 Å². The van der Waals surface area contributed by atoms with Gasteiger partial charge in [0, 0.05) is 16.9 Å². The van der Waals surface area contributed by atoms with E-state index in [1.54, 1.807) is 0 Å². The van der Waals surface area contributed by atoms with Gasteiger partial charge in [0.1, 0.15) is 5.75 Å². The molecule has 0 spiro atoms. The van der Waals surface area contributed by atoms with Gasteiger partial charge in [-0.05, 0) is 38.6 Å². The topological polar surface area (TPSA) is 12.5 Å². The van der Waals surface area contributed by atoms with E-state index < -0.39 is 8.30 Å². The summed E-state index contributed by atoms with van der Waals surface area (Å²) in [6, 6.07) is 17.4. The first-order valence-electron chi connectivity index (χ1n) is 6.58. The van der Waals surface area contributed by atoms with Crippen LogP contribution in [0.3, 0.4) is 0 Å². The van der Waals surface area contributed by atoms with Crippen LogP contribution in [0.2, 0.25) is 0 Å². The Hall–Kier alpha value is -1.37. The predicted octanol–water partition coefficient (Wildman–Crippen LogP) is 4.02. The smallest absolute Gasteiger partial charge is 0.197 e. The summed E-state index contributed by atoms with van der Waals surface area (Å²) < 4.78 is 8.60.